The van der Waals surface area contributed by atoms with Gasteiger partial charge in [0.25, 0.3) is 5.91 Å². The normalized spacial score (nSPS) is 11.8. The maximum atomic E-state index is 12.5. The maximum absolute atomic E-state index is 12.5. The second-order valence-electron chi connectivity index (χ2n) is 6.07. The van der Waals surface area contributed by atoms with Crippen LogP contribution in [0.4, 0.5) is 0 Å². The number of methoxy groups -OCH3 is 1. The van der Waals surface area contributed by atoms with E-state index in [4.69, 9.17) is 9.15 Å². The first kappa shape index (κ1) is 18.9. The highest BCUT2D eigenvalue weighted by Crippen LogP contribution is 2.18. The van der Waals surface area contributed by atoms with Gasteiger partial charge in [-0.1, -0.05) is 30.3 Å². The monoisotopic (exact) mass is 383 g/mol. The predicted octanol–water partition coefficient (Wildman–Crippen LogP) is 3.83. The van der Waals surface area contributed by atoms with Gasteiger partial charge in [0.2, 0.25) is 0 Å². The summed E-state index contributed by atoms with van der Waals surface area (Å²) in [6.07, 6.45) is 0. The minimum Gasteiger partial charge on any atom is -0.496 e. The van der Waals surface area contributed by atoms with Crippen molar-refractivity contribution in [2.24, 2.45) is 0 Å². The number of amides is 1. The molecule has 0 aliphatic carbocycles. The molecule has 1 aromatic heterocycles. The lowest BCUT2D eigenvalue weighted by atomic mass is 10.2. The molecule has 3 rings (SSSR count). The zero-order chi connectivity index (χ0) is 19.2. The fourth-order valence-electron chi connectivity index (χ4n) is 2.66. The van der Waals surface area contributed by atoms with Crippen LogP contribution in [0.15, 0.2) is 70.0 Å². The van der Waals surface area contributed by atoms with Crippen molar-refractivity contribution in [2.45, 2.75) is 24.1 Å². The Morgan fingerprint density at radius 2 is 1.93 bits per heavy atom. The molecule has 27 heavy (non-hydrogen) atoms. The Bertz CT molecular complexity index is 964. The highest BCUT2D eigenvalue weighted by atomic mass is 32.2. The van der Waals surface area contributed by atoms with Gasteiger partial charge >= 0.3 is 0 Å². The molecule has 1 N–H and O–H groups in total. The summed E-state index contributed by atoms with van der Waals surface area (Å²) in [6, 6.07) is 18.3. The van der Waals surface area contributed by atoms with Crippen molar-refractivity contribution >= 4 is 16.7 Å². The van der Waals surface area contributed by atoms with Crippen molar-refractivity contribution in [1.29, 1.82) is 0 Å². The number of ether oxygens (including phenoxy) is 1. The van der Waals surface area contributed by atoms with Gasteiger partial charge in [-0.25, -0.2) is 0 Å². The second kappa shape index (κ2) is 8.68. The number of hydrogen-bond acceptors (Lipinski definition) is 4. The Labute approximate surface area is 160 Å². The van der Waals surface area contributed by atoms with Gasteiger partial charge in [-0.3, -0.25) is 9.00 Å². The first-order valence-corrected chi connectivity index (χ1v) is 9.82. The molecule has 0 unspecified atom stereocenters. The fourth-order valence-corrected chi connectivity index (χ4v) is 3.79. The van der Waals surface area contributed by atoms with E-state index in [0.29, 0.717) is 18.1 Å². The average molecular weight is 383 g/mol. The molecule has 1 amide bonds. The lowest BCUT2D eigenvalue weighted by molar-refractivity contribution is 0.0921. The number of para-hydroxylation sites is 1. The quantitative estimate of drug-likeness (QED) is 0.673. The molecule has 1 atom stereocenters. The van der Waals surface area contributed by atoms with E-state index >= 15 is 0 Å². The van der Waals surface area contributed by atoms with E-state index in [1.807, 2.05) is 55.5 Å². The third-order valence-corrected chi connectivity index (χ3v) is 5.37. The van der Waals surface area contributed by atoms with Crippen molar-refractivity contribution in [2.75, 3.05) is 7.11 Å². The van der Waals surface area contributed by atoms with Crippen LogP contribution < -0.4 is 10.1 Å². The number of aryl methyl sites for hydroxylation is 1. The van der Waals surface area contributed by atoms with E-state index < -0.39 is 10.8 Å². The number of carbonyl (C=O) groups excluding carboxylic acids is 1. The van der Waals surface area contributed by atoms with E-state index in [1.165, 1.54) is 0 Å². The summed E-state index contributed by atoms with van der Waals surface area (Å²) in [7, 11) is 0.367. The van der Waals surface area contributed by atoms with E-state index in [-0.39, 0.29) is 17.4 Å². The van der Waals surface area contributed by atoms with Crippen LogP contribution in [0.2, 0.25) is 0 Å². The molecule has 0 aliphatic heterocycles. The van der Waals surface area contributed by atoms with Gasteiger partial charge in [-0.05, 0) is 42.8 Å². The van der Waals surface area contributed by atoms with Crippen LogP contribution in [0, 0.1) is 6.92 Å². The smallest absolute Gasteiger partial charge is 0.287 e. The third kappa shape index (κ3) is 4.86. The Kier molecular flexibility index (Phi) is 6.08. The molecule has 0 saturated carbocycles. The summed E-state index contributed by atoms with van der Waals surface area (Å²) in [5, 5.41) is 2.81. The minimum absolute atomic E-state index is 0.196. The van der Waals surface area contributed by atoms with E-state index in [9.17, 15) is 9.00 Å². The maximum Gasteiger partial charge on any atom is 0.287 e. The molecule has 0 spiro atoms. The Hall–Kier alpha value is -2.86. The van der Waals surface area contributed by atoms with Crippen LogP contribution in [-0.4, -0.2) is 17.2 Å². The van der Waals surface area contributed by atoms with Crippen LogP contribution in [0.5, 0.6) is 5.75 Å². The summed E-state index contributed by atoms with van der Waals surface area (Å²) in [4.78, 5) is 13.1. The highest BCUT2D eigenvalue weighted by molar-refractivity contribution is 7.84. The summed E-state index contributed by atoms with van der Waals surface area (Å²) >= 11 is 0. The molecule has 0 saturated heterocycles. The van der Waals surface area contributed by atoms with Gasteiger partial charge in [0.15, 0.2) is 5.76 Å². The van der Waals surface area contributed by atoms with Crippen molar-refractivity contribution < 1.29 is 18.2 Å². The first-order valence-electron chi connectivity index (χ1n) is 8.50. The van der Waals surface area contributed by atoms with Gasteiger partial charge in [0, 0.05) is 17.0 Å². The molecular formula is C21H21NO4S. The summed E-state index contributed by atoms with van der Waals surface area (Å²) < 4.78 is 23.3. The minimum atomic E-state index is -1.22. The number of carbonyl (C=O) groups is 1. The van der Waals surface area contributed by atoms with Gasteiger partial charge < -0.3 is 14.5 Å². The van der Waals surface area contributed by atoms with Gasteiger partial charge in [-0.2, -0.15) is 0 Å². The van der Waals surface area contributed by atoms with Crippen LogP contribution in [-0.2, 0) is 23.1 Å². The highest BCUT2D eigenvalue weighted by Gasteiger charge is 2.14. The molecule has 5 nitrogen and oxygen atoms in total. The Morgan fingerprint density at radius 3 is 2.70 bits per heavy atom. The molecule has 0 fully saturated rings. The van der Waals surface area contributed by atoms with Crippen LogP contribution >= 0.6 is 0 Å². The number of furan rings is 1. The van der Waals surface area contributed by atoms with E-state index in [0.717, 1.165) is 16.0 Å². The number of benzene rings is 2. The SMILES string of the molecule is COc1ccccc1CNC(=O)c1ccc(C[S@](=O)c2cccc(C)c2)o1. The number of rotatable bonds is 7. The fraction of sp³-hybridized carbons (Fsp3) is 0.190. The molecular weight excluding hydrogens is 362 g/mol. The lowest BCUT2D eigenvalue weighted by Crippen LogP contribution is -2.22. The Morgan fingerprint density at radius 1 is 1.11 bits per heavy atom. The second-order valence-corrected chi connectivity index (χ2v) is 7.52. The molecule has 2 aromatic carbocycles. The molecule has 6 heteroatoms. The summed E-state index contributed by atoms with van der Waals surface area (Å²) in [5.41, 5.74) is 1.93. The van der Waals surface area contributed by atoms with Gasteiger partial charge in [0.05, 0.1) is 23.7 Å². The summed E-state index contributed by atoms with van der Waals surface area (Å²) in [5.74, 6) is 1.32. The van der Waals surface area contributed by atoms with Crippen molar-refractivity contribution in [1.82, 2.24) is 5.32 Å². The van der Waals surface area contributed by atoms with Crippen molar-refractivity contribution in [3.63, 3.8) is 0 Å². The first-order chi connectivity index (χ1) is 13.1. The predicted molar refractivity (Wildman–Crippen MR) is 104 cm³/mol. The molecule has 0 aliphatic rings. The number of nitrogens with one attached hydrogen (secondary N) is 1. The average Bonchev–Trinajstić information content (AvgIpc) is 3.15. The van der Waals surface area contributed by atoms with E-state index in [2.05, 4.69) is 5.32 Å². The van der Waals surface area contributed by atoms with Crippen LogP contribution in [0.1, 0.15) is 27.4 Å². The molecule has 0 bridgehead atoms. The van der Waals surface area contributed by atoms with Gasteiger partial charge in [-0.15, -0.1) is 0 Å². The topological polar surface area (TPSA) is 68.5 Å². The molecule has 140 valence electrons. The third-order valence-electron chi connectivity index (χ3n) is 4.04. The van der Waals surface area contributed by atoms with Crippen LogP contribution in [0.25, 0.3) is 0 Å². The van der Waals surface area contributed by atoms with Crippen LogP contribution in [0.3, 0.4) is 0 Å². The van der Waals surface area contributed by atoms with Crippen molar-refractivity contribution in [3.8, 4) is 5.75 Å². The van der Waals surface area contributed by atoms with Gasteiger partial charge in [0.1, 0.15) is 11.5 Å². The van der Waals surface area contributed by atoms with Crippen molar-refractivity contribution in [3.05, 3.63) is 83.3 Å². The zero-order valence-corrected chi connectivity index (χ0v) is 16.0. The lowest BCUT2D eigenvalue weighted by Gasteiger charge is -2.08. The Balaban J connectivity index is 1.61. The standard InChI is InChI=1S/C21H21NO4S/c1-15-6-5-8-18(12-15)27(24)14-17-10-11-20(26-17)21(23)22-13-16-7-3-4-9-19(16)25-2/h3-12H,13-14H2,1-2H3,(H,22,23)/t27-/m0/s1. The molecule has 1 heterocycles. The summed E-state index contributed by atoms with van der Waals surface area (Å²) in [6.45, 7) is 2.28. The molecule has 0 radical (unpaired) electrons. The number of hydrogen-bond donors (Lipinski definition) is 1. The zero-order valence-electron chi connectivity index (χ0n) is 15.2. The largest absolute Gasteiger partial charge is 0.496 e. The van der Waals surface area contributed by atoms with E-state index in [1.54, 1.807) is 19.2 Å². The molecule has 3 aromatic rings.